The summed E-state index contributed by atoms with van der Waals surface area (Å²) in [4.78, 5) is 52.7. The van der Waals surface area contributed by atoms with Gasteiger partial charge in [0.2, 0.25) is 11.8 Å². The number of amides is 3. The first-order valence-electron chi connectivity index (χ1n) is 12.0. The molecule has 1 rings (SSSR count). The minimum Gasteiger partial charge on any atom is -0.468 e. The number of methoxy groups -OCH3 is 1. The number of hydrogen-bond acceptors (Lipinski definition) is 7. The van der Waals surface area contributed by atoms with Crippen LogP contribution >= 0.6 is 0 Å². The first kappa shape index (κ1) is 30.9. The van der Waals surface area contributed by atoms with Crippen molar-refractivity contribution in [1.29, 1.82) is 0 Å². The molecule has 10 heteroatoms. The lowest BCUT2D eigenvalue weighted by Crippen LogP contribution is -2.54. The lowest BCUT2D eigenvalue weighted by atomic mass is 9.94. The second-order valence-corrected chi connectivity index (χ2v) is 10.1. The van der Waals surface area contributed by atoms with E-state index in [0.29, 0.717) is 5.56 Å². The zero-order chi connectivity index (χ0) is 27.6. The third-order valence-electron chi connectivity index (χ3n) is 5.46. The molecule has 3 N–H and O–H groups in total. The molecule has 0 aliphatic heterocycles. The fourth-order valence-corrected chi connectivity index (χ4v) is 3.67. The number of esters is 1. The Hall–Kier alpha value is -3.14. The average Bonchev–Trinajstić information content (AvgIpc) is 2.77. The molecule has 0 radical (unpaired) electrons. The van der Waals surface area contributed by atoms with Crippen LogP contribution in [0.15, 0.2) is 18.2 Å². The van der Waals surface area contributed by atoms with E-state index in [9.17, 15) is 24.3 Å². The lowest BCUT2D eigenvalue weighted by molar-refractivity contribution is -0.145. The summed E-state index contributed by atoms with van der Waals surface area (Å²) in [6.07, 6.45) is -0.479. The van der Waals surface area contributed by atoms with Gasteiger partial charge in [-0.3, -0.25) is 14.4 Å². The minimum absolute atomic E-state index is 0.0252. The van der Waals surface area contributed by atoms with Crippen LogP contribution in [0, 0.1) is 19.8 Å². The Morgan fingerprint density at radius 1 is 1.11 bits per heavy atom. The number of aliphatic hydroxyl groups excluding tert-OH is 1. The molecule has 1 aromatic rings. The summed E-state index contributed by atoms with van der Waals surface area (Å²) in [5.74, 6) is -1.79. The van der Waals surface area contributed by atoms with Crippen LogP contribution < -0.4 is 10.6 Å². The standard InChI is InChI=1S/C26H41N3O7/c1-16(2)14-20(28-25(34)36-26(5,6)7)24(33)29(12-13-30)22(23(32)27-15-21(31)35-8)19-11-9-10-17(3)18(19)4/h9-11,16,20,22,30H,12-15H2,1-8H3,(H,27,32)(H,28,34). The number of carbonyl (C=O) groups is 4. The topological polar surface area (TPSA) is 134 Å². The number of nitrogens with zero attached hydrogens (tertiary/aromatic N) is 1. The Labute approximate surface area is 213 Å². The van der Waals surface area contributed by atoms with E-state index in [4.69, 9.17) is 4.74 Å². The van der Waals surface area contributed by atoms with Crippen LogP contribution in [0.4, 0.5) is 4.79 Å². The molecule has 3 amide bonds. The number of carbonyl (C=O) groups excluding carboxylic acids is 4. The molecule has 0 saturated heterocycles. The van der Waals surface area contributed by atoms with E-state index < -0.39 is 48.2 Å². The number of alkyl carbamates (subject to hydrolysis) is 1. The summed E-state index contributed by atoms with van der Waals surface area (Å²) >= 11 is 0. The zero-order valence-corrected chi connectivity index (χ0v) is 22.6. The molecule has 1 aromatic carbocycles. The van der Waals surface area contributed by atoms with Gasteiger partial charge in [-0.2, -0.15) is 0 Å². The molecule has 36 heavy (non-hydrogen) atoms. The largest absolute Gasteiger partial charge is 0.468 e. The summed E-state index contributed by atoms with van der Waals surface area (Å²) in [6.45, 7) is 11.7. The Bertz CT molecular complexity index is 925. The van der Waals surface area contributed by atoms with E-state index in [1.807, 2.05) is 33.8 Å². The highest BCUT2D eigenvalue weighted by molar-refractivity contribution is 5.93. The predicted molar refractivity (Wildman–Crippen MR) is 135 cm³/mol. The van der Waals surface area contributed by atoms with Crippen LogP contribution in [-0.4, -0.2) is 72.3 Å². The number of aryl methyl sites for hydroxylation is 1. The molecular formula is C26H41N3O7. The maximum Gasteiger partial charge on any atom is 0.408 e. The fourth-order valence-electron chi connectivity index (χ4n) is 3.67. The van der Waals surface area contributed by atoms with Crippen LogP contribution in [0.5, 0.6) is 0 Å². The van der Waals surface area contributed by atoms with E-state index in [-0.39, 0.29) is 25.4 Å². The lowest BCUT2D eigenvalue weighted by Gasteiger charge is -2.35. The third-order valence-corrected chi connectivity index (χ3v) is 5.46. The van der Waals surface area contributed by atoms with Crippen molar-refractivity contribution in [3.63, 3.8) is 0 Å². The summed E-state index contributed by atoms with van der Waals surface area (Å²) < 4.78 is 9.96. The summed E-state index contributed by atoms with van der Waals surface area (Å²) in [7, 11) is 1.21. The predicted octanol–water partition coefficient (Wildman–Crippen LogP) is 2.39. The van der Waals surface area contributed by atoms with Crippen LogP contribution in [-0.2, 0) is 23.9 Å². The summed E-state index contributed by atoms with van der Waals surface area (Å²) in [5, 5.41) is 15.0. The van der Waals surface area contributed by atoms with Gasteiger partial charge in [-0.15, -0.1) is 0 Å². The second-order valence-electron chi connectivity index (χ2n) is 10.1. The fraction of sp³-hybridized carbons (Fsp3) is 0.615. The van der Waals surface area contributed by atoms with Crippen molar-refractivity contribution in [1.82, 2.24) is 15.5 Å². The van der Waals surface area contributed by atoms with Crippen molar-refractivity contribution < 1.29 is 33.8 Å². The van der Waals surface area contributed by atoms with Crippen LogP contribution in [0.1, 0.15) is 63.8 Å². The van der Waals surface area contributed by atoms with Crippen molar-refractivity contribution in [3.05, 3.63) is 34.9 Å². The Morgan fingerprint density at radius 2 is 1.75 bits per heavy atom. The van der Waals surface area contributed by atoms with Gasteiger partial charge in [-0.05, 0) is 63.6 Å². The van der Waals surface area contributed by atoms with Crippen molar-refractivity contribution in [2.45, 2.75) is 72.6 Å². The number of rotatable bonds is 11. The van der Waals surface area contributed by atoms with Gasteiger partial charge in [0.1, 0.15) is 24.2 Å². The first-order valence-corrected chi connectivity index (χ1v) is 12.0. The normalized spacial score (nSPS) is 12.9. The van der Waals surface area contributed by atoms with E-state index in [1.165, 1.54) is 12.0 Å². The molecule has 0 fully saturated rings. The van der Waals surface area contributed by atoms with Gasteiger partial charge < -0.3 is 30.1 Å². The van der Waals surface area contributed by atoms with Gasteiger partial charge in [0, 0.05) is 6.54 Å². The second kappa shape index (κ2) is 13.8. The Morgan fingerprint density at radius 3 is 2.28 bits per heavy atom. The van der Waals surface area contributed by atoms with Gasteiger partial charge in [-0.1, -0.05) is 32.0 Å². The van der Waals surface area contributed by atoms with E-state index in [0.717, 1.165) is 11.1 Å². The van der Waals surface area contributed by atoms with E-state index in [2.05, 4.69) is 15.4 Å². The maximum absolute atomic E-state index is 13.9. The van der Waals surface area contributed by atoms with Crippen molar-refractivity contribution in [2.24, 2.45) is 5.92 Å². The molecular weight excluding hydrogens is 466 g/mol. The monoisotopic (exact) mass is 507 g/mol. The average molecular weight is 508 g/mol. The molecule has 0 aromatic heterocycles. The number of nitrogens with one attached hydrogen (secondary N) is 2. The highest BCUT2D eigenvalue weighted by atomic mass is 16.6. The van der Waals surface area contributed by atoms with Crippen LogP contribution in [0.3, 0.4) is 0 Å². The van der Waals surface area contributed by atoms with Crippen molar-refractivity contribution in [3.8, 4) is 0 Å². The smallest absolute Gasteiger partial charge is 0.408 e. The first-order chi connectivity index (χ1) is 16.7. The van der Waals surface area contributed by atoms with Gasteiger partial charge in [0.05, 0.1) is 13.7 Å². The van der Waals surface area contributed by atoms with Crippen molar-refractivity contribution >= 4 is 23.9 Å². The molecule has 2 unspecified atom stereocenters. The minimum atomic E-state index is -1.16. The van der Waals surface area contributed by atoms with Gasteiger partial charge in [0.25, 0.3) is 0 Å². The highest BCUT2D eigenvalue weighted by Gasteiger charge is 2.37. The number of aliphatic hydroxyl groups is 1. The van der Waals surface area contributed by atoms with Crippen LogP contribution in [0.25, 0.3) is 0 Å². The van der Waals surface area contributed by atoms with Gasteiger partial charge in [-0.25, -0.2) is 4.79 Å². The van der Waals surface area contributed by atoms with Gasteiger partial charge >= 0.3 is 12.1 Å². The molecule has 0 bridgehead atoms. The maximum atomic E-state index is 13.9. The molecule has 10 nitrogen and oxygen atoms in total. The quantitative estimate of drug-likeness (QED) is 0.392. The molecule has 0 spiro atoms. The molecule has 202 valence electrons. The molecule has 0 heterocycles. The van der Waals surface area contributed by atoms with Crippen LogP contribution in [0.2, 0.25) is 0 Å². The zero-order valence-electron chi connectivity index (χ0n) is 22.6. The molecule has 0 aliphatic carbocycles. The Balaban J connectivity index is 3.50. The highest BCUT2D eigenvalue weighted by Crippen LogP contribution is 2.28. The Kier molecular flexibility index (Phi) is 11.9. The molecule has 0 saturated carbocycles. The number of benzene rings is 1. The van der Waals surface area contributed by atoms with Gasteiger partial charge in [0.15, 0.2) is 0 Å². The SMILES string of the molecule is COC(=O)CNC(=O)C(c1cccc(C)c1C)N(CCO)C(=O)C(CC(C)C)NC(=O)OC(C)(C)C. The van der Waals surface area contributed by atoms with E-state index in [1.54, 1.807) is 32.9 Å². The van der Waals surface area contributed by atoms with E-state index >= 15 is 0 Å². The molecule has 2 atom stereocenters. The molecule has 0 aliphatic rings. The van der Waals surface area contributed by atoms with Crippen molar-refractivity contribution in [2.75, 3.05) is 26.8 Å². The summed E-state index contributed by atoms with van der Waals surface area (Å²) in [5.41, 5.74) is 1.46. The number of ether oxygens (including phenoxy) is 2. The number of hydrogen-bond donors (Lipinski definition) is 3. The summed E-state index contributed by atoms with van der Waals surface area (Å²) in [6, 6.07) is 3.20. The third kappa shape index (κ3) is 9.49.